The van der Waals surface area contributed by atoms with Crippen LogP contribution in [0.4, 0.5) is 0 Å². The monoisotopic (exact) mass is 196 g/mol. The second-order valence-electron chi connectivity index (χ2n) is 3.12. The van der Waals surface area contributed by atoms with Crippen molar-refractivity contribution < 1.29 is 19.2 Å². The van der Waals surface area contributed by atoms with Crippen LogP contribution < -0.4 is 0 Å². The van der Waals surface area contributed by atoms with Crippen molar-refractivity contribution in [3.63, 3.8) is 0 Å². The van der Waals surface area contributed by atoms with Crippen molar-refractivity contribution in [1.82, 2.24) is 0 Å². The SMILES string of the molecule is CC(=O)C([C]=O)(CCC[C]=O)C(C)=O. The molecule has 0 spiro atoms. The van der Waals surface area contributed by atoms with E-state index in [1.54, 1.807) is 6.29 Å². The molecule has 76 valence electrons. The third-order valence-corrected chi connectivity index (χ3v) is 2.21. The molecule has 0 N–H and O–H groups in total. The largest absolute Gasteiger partial charge is 0.298 e. The summed E-state index contributed by atoms with van der Waals surface area (Å²) in [6, 6.07) is 0. The van der Waals surface area contributed by atoms with Gasteiger partial charge in [-0.25, -0.2) is 0 Å². The molecule has 0 atom stereocenters. The molecular weight excluding hydrogens is 184 g/mol. The smallest absolute Gasteiger partial charge is 0.220 e. The lowest BCUT2D eigenvalue weighted by atomic mass is 9.77. The van der Waals surface area contributed by atoms with Crippen molar-refractivity contribution in [2.75, 3.05) is 0 Å². The second-order valence-corrected chi connectivity index (χ2v) is 3.12. The highest BCUT2D eigenvalue weighted by molar-refractivity contribution is 6.17. The summed E-state index contributed by atoms with van der Waals surface area (Å²) in [6.07, 6.45) is 3.58. The van der Waals surface area contributed by atoms with Gasteiger partial charge in [-0.3, -0.25) is 19.2 Å². The number of carbonyl (C=O) groups is 2. The van der Waals surface area contributed by atoms with Gasteiger partial charge in [-0.05, 0) is 26.7 Å². The van der Waals surface area contributed by atoms with Gasteiger partial charge in [0.1, 0.15) is 0 Å². The third-order valence-electron chi connectivity index (χ3n) is 2.21. The van der Waals surface area contributed by atoms with Gasteiger partial charge >= 0.3 is 0 Å². The number of ketones is 2. The van der Waals surface area contributed by atoms with Crippen LogP contribution in [0.15, 0.2) is 0 Å². The van der Waals surface area contributed by atoms with Crippen LogP contribution in [0.25, 0.3) is 0 Å². The van der Waals surface area contributed by atoms with Gasteiger partial charge in [0.05, 0.1) is 0 Å². The predicted octanol–water partition coefficient (Wildman–Crippen LogP) is 0.540. The molecule has 0 aliphatic carbocycles. The van der Waals surface area contributed by atoms with E-state index in [2.05, 4.69) is 0 Å². The first-order chi connectivity index (χ1) is 6.51. The molecule has 2 radical (unpaired) electrons. The second kappa shape index (κ2) is 5.42. The number of carbonyl (C=O) groups excluding carboxylic acids is 4. The van der Waals surface area contributed by atoms with Gasteiger partial charge in [-0.15, -0.1) is 0 Å². The minimum absolute atomic E-state index is 0.0381. The summed E-state index contributed by atoms with van der Waals surface area (Å²) in [7, 11) is 0. The summed E-state index contributed by atoms with van der Waals surface area (Å²) >= 11 is 0. The summed E-state index contributed by atoms with van der Waals surface area (Å²) < 4.78 is 0. The summed E-state index contributed by atoms with van der Waals surface area (Å²) in [5, 5.41) is 0. The van der Waals surface area contributed by atoms with Crippen LogP contribution in [0.2, 0.25) is 0 Å². The molecule has 0 heterocycles. The average Bonchev–Trinajstić information content (AvgIpc) is 2.11. The average molecular weight is 196 g/mol. The number of hydrogen-bond donors (Lipinski definition) is 0. The van der Waals surface area contributed by atoms with Gasteiger partial charge in [0.15, 0.2) is 23.3 Å². The van der Waals surface area contributed by atoms with Gasteiger partial charge < -0.3 is 0 Å². The highest BCUT2D eigenvalue weighted by atomic mass is 16.2. The van der Waals surface area contributed by atoms with Crippen LogP contribution in [0.1, 0.15) is 33.1 Å². The van der Waals surface area contributed by atoms with Gasteiger partial charge in [0.25, 0.3) is 0 Å². The number of Topliss-reactive ketones (excluding diaryl/α,β-unsaturated/α-hetero) is 2. The molecule has 0 aliphatic heterocycles. The van der Waals surface area contributed by atoms with Crippen molar-refractivity contribution >= 4 is 24.1 Å². The maximum absolute atomic E-state index is 11.2. The van der Waals surface area contributed by atoms with Gasteiger partial charge in [0.2, 0.25) is 6.29 Å². The van der Waals surface area contributed by atoms with Crippen molar-refractivity contribution in [2.24, 2.45) is 5.41 Å². The maximum atomic E-state index is 11.2. The van der Waals surface area contributed by atoms with Crippen LogP contribution in [0.3, 0.4) is 0 Å². The van der Waals surface area contributed by atoms with Gasteiger partial charge in [-0.1, -0.05) is 0 Å². The Bertz CT molecular complexity index is 241. The van der Waals surface area contributed by atoms with Gasteiger partial charge in [0, 0.05) is 6.42 Å². The van der Waals surface area contributed by atoms with Crippen LogP contribution in [-0.4, -0.2) is 24.1 Å². The number of unbranched alkanes of at least 4 members (excludes halogenated alkanes) is 1. The first kappa shape index (κ1) is 12.7. The van der Waals surface area contributed by atoms with E-state index in [4.69, 9.17) is 0 Å². The Kier molecular flexibility index (Phi) is 4.91. The zero-order valence-corrected chi connectivity index (χ0v) is 8.25. The van der Waals surface area contributed by atoms with Crippen LogP contribution >= 0.6 is 0 Å². The quantitative estimate of drug-likeness (QED) is 0.440. The Morgan fingerprint density at radius 2 is 1.64 bits per heavy atom. The Balaban J connectivity index is 4.68. The standard InChI is InChI=1S/C10H12O4/c1-8(13)10(7-12,9(2)14)5-3-4-6-11/h3-5H2,1-2H3. The Labute approximate surface area is 82.7 Å². The molecule has 0 bridgehead atoms. The number of rotatable bonds is 7. The molecule has 14 heavy (non-hydrogen) atoms. The first-order valence-corrected chi connectivity index (χ1v) is 4.27. The fourth-order valence-electron chi connectivity index (χ4n) is 1.22. The van der Waals surface area contributed by atoms with E-state index in [0.29, 0.717) is 0 Å². The lowest BCUT2D eigenvalue weighted by Crippen LogP contribution is -2.38. The summed E-state index contributed by atoms with van der Waals surface area (Å²) in [5.74, 6) is -1.04. The maximum Gasteiger partial charge on any atom is 0.220 e. The molecule has 0 aromatic rings. The highest BCUT2D eigenvalue weighted by Gasteiger charge is 2.40. The molecule has 0 aliphatic rings. The fraction of sp³-hybridized carbons (Fsp3) is 0.600. The predicted molar refractivity (Wildman–Crippen MR) is 49.0 cm³/mol. The summed E-state index contributed by atoms with van der Waals surface area (Å²) in [4.78, 5) is 42.9. The lowest BCUT2D eigenvalue weighted by Gasteiger charge is -2.19. The first-order valence-electron chi connectivity index (χ1n) is 4.27. The molecular formula is C10H12O4. The zero-order valence-electron chi connectivity index (χ0n) is 8.25. The topological polar surface area (TPSA) is 68.3 Å². The molecule has 0 saturated carbocycles. The lowest BCUT2D eigenvalue weighted by molar-refractivity contribution is -0.134. The van der Waals surface area contributed by atoms with E-state index in [1.807, 2.05) is 0 Å². The van der Waals surface area contributed by atoms with E-state index in [0.717, 1.165) is 0 Å². The Morgan fingerprint density at radius 3 is 1.93 bits per heavy atom. The molecule has 0 aromatic heterocycles. The minimum atomic E-state index is -1.67. The van der Waals surface area contributed by atoms with Crippen molar-refractivity contribution in [3.05, 3.63) is 0 Å². The minimum Gasteiger partial charge on any atom is -0.298 e. The number of hydrogen-bond acceptors (Lipinski definition) is 4. The van der Waals surface area contributed by atoms with Crippen molar-refractivity contribution in [2.45, 2.75) is 33.1 Å². The summed E-state index contributed by atoms with van der Waals surface area (Å²) in [6.45, 7) is 2.36. The molecule has 0 amide bonds. The van der Waals surface area contributed by atoms with Crippen molar-refractivity contribution in [1.29, 1.82) is 0 Å². The van der Waals surface area contributed by atoms with E-state index in [1.165, 1.54) is 20.1 Å². The van der Waals surface area contributed by atoms with Gasteiger partial charge in [-0.2, -0.15) is 0 Å². The molecule has 0 rings (SSSR count). The molecule has 0 unspecified atom stereocenters. The molecule has 0 aromatic carbocycles. The Hall–Kier alpha value is -1.32. The van der Waals surface area contributed by atoms with E-state index in [-0.39, 0.29) is 19.3 Å². The zero-order chi connectivity index (χ0) is 11.2. The van der Waals surface area contributed by atoms with Crippen LogP contribution in [0.5, 0.6) is 0 Å². The summed E-state index contributed by atoms with van der Waals surface area (Å²) in [5.41, 5.74) is -1.67. The van der Waals surface area contributed by atoms with E-state index >= 15 is 0 Å². The third kappa shape index (κ3) is 2.58. The normalized spacial score (nSPS) is 10.7. The van der Waals surface area contributed by atoms with Crippen LogP contribution in [0, 0.1) is 5.41 Å². The molecule has 0 saturated heterocycles. The Morgan fingerprint density at radius 1 is 1.14 bits per heavy atom. The fourth-order valence-corrected chi connectivity index (χ4v) is 1.22. The van der Waals surface area contributed by atoms with Crippen LogP contribution in [-0.2, 0) is 19.2 Å². The van der Waals surface area contributed by atoms with Crippen molar-refractivity contribution in [3.8, 4) is 0 Å². The van der Waals surface area contributed by atoms with E-state index in [9.17, 15) is 19.2 Å². The molecule has 4 nitrogen and oxygen atoms in total. The molecule has 0 fully saturated rings. The van der Waals surface area contributed by atoms with E-state index < -0.39 is 17.0 Å². The molecule has 4 heteroatoms. The highest BCUT2D eigenvalue weighted by Crippen LogP contribution is 2.24.